The first-order valence-corrected chi connectivity index (χ1v) is 14.8. The van der Waals surface area contributed by atoms with Crippen LogP contribution in [-0.2, 0) is 14.4 Å². The van der Waals surface area contributed by atoms with Crippen molar-refractivity contribution < 1.29 is 37.1 Å². The van der Waals surface area contributed by atoms with Crippen LogP contribution in [0.2, 0.25) is 5.02 Å². The Labute approximate surface area is 263 Å². The van der Waals surface area contributed by atoms with Gasteiger partial charge in [-0.25, -0.2) is 10.4 Å². The van der Waals surface area contributed by atoms with Gasteiger partial charge in [0.2, 0.25) is 11.8 Å². The standard InChI is InChI=1S/C30H36ClF3N6O5/c1-15-13-25(28(43)38-37-15)45-24-12-9-21(35-16(24)2)27(42)36-17(3)29(44)40-22(19-7-6-8-20(31)14-19)10-11-23(40)26(30(32,33)34)39(5)18(4)41/h6-9,12,14-15,17,22-23,25-26,37H,10-11,13H2,1-5H3,(H,36,42)(H,38,43)/t15?,17-,22+,23-,25?,26?/m1/s1. The van der Waals surface area contributed by atoms with Gasteiger partial charge in [0.25, 0.3) is 11.8 Å². The third-order valence-electron chi connectivity index (χ3n) is 8.09. The summed E-state index contributed by atoms with van der Waals surface area (Å²) in [6.07, 6.45) is -5.04. The molecule has 244 valence electrons. The molecule has 11 nitrogen and oxygen atoms in total. The van der Waals surface area contributed by atoms with Crippen LogP contribution in [-0.4, -0.2) is 81.9 Å². The van der Waals surface area contributed by atoms with Gasteiger partial charge in [-0.1, -0.05) is 23.7 Å². The van der Waals surface area contributed by atoms with E-state index in [4.69, 9.17) is 16.3 Å². The number of pyridine rings is 1. The maximum atomic E-state index is 14.4. The van der Waals surface area contributed by atoms with E-state index in [1.165, 1.54) is 19.1 Å². The van der Waals surface area contributed by atoms with Crippen molar-refractivity contribution in [2.45, 2.75) is 89.4 Å². The fourth-order valence-corrected chi connectivity index (χ4v) is 5.97. The molecule has 3 unspecified atom stereocenters. The van der Waals surface area contributed by atoms with Crippen molar-refractivity contribution in [3.05, 3.63) is 58.4 Å². The molecule has 6 atom stereocenters. The predicted octanol–water partition coefficient (Wildman–Crippen LogP) is 3.46. The predicted molar refractivity (Wildman–Crippen MR) is 158 cm³/mol. The van der Waals surface area contributed by atoms with E-state index >= 15 is 0 Å². The second-order valence-electron chi connectivity index (χ2n) is 11.4. The van der Waals surface area contributed by atoms with Gasteiger partial charge in [-0.15, -0.1) is 0 Å². The number of alkyl halides is 3. The molecule has 1 aromatic heterocycles. The van der Waals surface area contributed by atoms with Gasteiger partial charge in [-0.2, -0.15) is 13.2 Å². The van der Waals surface area contributed by atoms with E-state index in [1.807, 2.05) is 6.92 Å². The van der Waals surface area contributed by atoms with E-state index in [0.29, 0.717) is 33.4 Å². The first-order valence-electron chi connectivity index (χ1n) is 14.5. The van der Waals surface area contributed by atoms with Crippen LogP contribution in [0.5, 0.6) is 5.75 Å². The minimum absolute atomic E-state index is 0.0204. The molecular formula is C30H36ClF3N6O5. The first kappa shape index (κ1) is 34.0. The number of carbonyl (C=O) groups excluding carboxylic acids is 4. The topological polar surface area (TPSA) is 133 Å². The van der Waals surface area contributed by atoms with Crippen molar-refractivity contribution >= 4 is 35.2 Å². The highest BCUT2D eigenvalue weighted by molar-refractivity contribution is 6.30. The van der Waals surface area contributed by atoms with Crippen LogP contribution < -0.4 is 20.9 Å². The number of hydrogen-bond acceptors (Lipinski definition) is 7. The smallest absolute Gasteiger partial charge is 0.410 e. The normalized spacial score (nSPS) is 23.1. The van der Waals surface area contributed by atoms with Gasteiger partial charge >= 0.3 is 6.18 Å². The number of nitrogens with zero attached hydrogens (tertiary/aromatic N) is 3. The molecule has 15 heteroatoms. The number of rotatable bonds is 8. The van der Waals surface area contributed by atoms with Crippen molar-refractivity contribution in [1.29, 1.82) is 0 Å². The Balaban J connectivity index is 1.57. The maximum absolute atomic E-state index is 14.4. The summed E-state index contributed by atoms with van der Waals surface area (Å²) in [5.74, 6) is -2.35. The lowest BCUT2D eigenvalue weighted by molar-refractivity contribution is -0.199. The summed E-state index contributed by atoms with van der Waals surface area (Å²) in [5.41, 5.74) is 6.14. The van der Waals surface area contributed by atoms with Crippen molar-refractivity contribution in [1.82, 2.24) is 31.0 Å². The second-order valence-corrected chi connectivity index (χ2v) is 11.9. The Bertz CT molecular complexity index is 1460. The number of likely N-dealkylation sites (tertiary alicyclic amines) is 1. The summed E-state index contributed by atoms with van der Waals surface area (Å²) >= 11 is 6.17. The SMILES string of the molecule is CC(=O)N(C)C([C@H]1CC[C@@H](c2cccc(Cl)c2)N1C(=O)[C@@H](C)NC(=O)c1ccc(OC2CC(C)NNC2=O)c(C)n1)C(F)(F)F. The molecule has 1 aromatic carbocycles. The van der Waals surface area contributed by atoms with Gasteiger partial charge in [-0.3, -0.25) is 24.6 Å². The lowest BCUT2D eigenvalue weighted by Gasteiger charge is -2.40. The minimum atomic E-state index is -4.84. The van der Waals surface area contributed by atoms with Crippen LogP contribution >= 0.6 is 11.6 Å². The van der Waals surface area contributed by atoms with Crippen LogP contribution in [0.3, 0.4) is 0 Å². The average Bonchev–Trinajstić information content (AvgIpc) is 3.38. The van der Waals surface area contributed by atoms with Crippen LogP contribution in [0.25, 0.3) is 0 Å². The Morgan fingerprint density at radius 2 is 1.91 bits per heavy atom. The number of ether oxygens (including phenoxy) is 1. The zero-order chi connectivity index (χ0) is 33.2. The van der Waals surface area contributed by atoms with Gasteiger partial charge in [0.15, 0.2) is 6.10 Å². The third-order valence-corrected chi connectivity index (χ3v) is 8.32. The summed E-state index contributed by atoms with van der Waals surface area (Å²) in [7, 11) is 1.06. The summed E-state index contributed by atoms with van der Waals surface area (Å²) < 4.78 is 49.1. The highest BCUT2D eigenvalue weighted by Crippen LogP contribution is 2.43. The third kappa shape index (κ3) is 7.67. The molecule has 2 aliphatic heterocycles. The number of hydrazine groups is 1. The highest BCUT2D eigenvalue weighted by Gasteiger charge is 2.55. The molecule has 2 saturated heterocycles. The molecule has 2 fully saturated rings. The monoisotopic (exact) mass is 652 g/mol. The summed E-state index contributed by atoms with van der Waals surface area (Å²) in [6, 6.07) is 3.62. The summed E-state index contributed by atoms with van der Waals surface area (Å²) in [6.45, 7) is 5.88. The molecular weight excluding hydrogens is 617 g/mol. The van der Waals surface area contributed by atoms with Crippen molar-refractivity contribution in [3.63, 3.8) is 0 Å². The molecule has 0 bridgehead atoms. The zero-order valence-electron chi connectivity index (χ0n) is 25.4. The van der Waals surface area contributed by atoms with E-state index in [1.54, 1.807) is 31.2 Å². The number of aromatic nitrogens is 1. The summed E-state index contributed by atoms with van der Waals surface area (Å²) in [5, 5.41) is 2.90. The number of carbonyl (C=O) groups is 4. The number of aryl methyl sites for hydroxylation is 1. The van der Waals surface area contributed by atoms with Gasteiger partial charge < -0.3 is 19.9 Å². The van der Waals surface area contributed by atoms with Gasteiger partial charge in [0.05, 0.1) is 17.8 Å². The largest absolute Gasteiger partial charge is 0.479 e. The van der Waals surface area contributed by atoms with E-state index in [9.17, 15) is 32.3 Å². The molecule has 2 aromatic rings. The minimum Gasteiger partial charge on any atom is -0.479 e. The fraction of sp³-hybridized carbons (Fsp3) is 0.500. The summed E-state index contributed by atoms with van der Waals surface area (Å²) in [4.78, 5) is 57.3. The molecule has 0 spiro atoms. The van der Waals surface area contributed by atoms with Crippen LogP contribution in [0, 0.1) is 6.92 Å². The van der Waals surface area contributed by atoms with Gasteiger partial charge in [0.1, 0.15) is 23.5 Å². The van der Waals surface area contributed by atoms with Crippen LogP contribution in [0.15, 0.2) is 36.4 Å². The van der Waals surface area contributed by atoms with E-state index in [-0.39, 0.29) is 30.5 Å². The van der Waals surface area contributed by atoms with E-state index < -0.39 is 54.2 Å². The second kappa shape index (κ2) is 13.6. The molecule has 3 heterocycles. The number of nitrogens with one attached hydrogen (secondary N) is 3. The molecule has 4 rings (SSSR count). The number of benzene rings is 1. The number of hydrogen-bond donors (Lipinski definition) is 3. The van der Waals surface area contributed by atoms with Crippen molar-refractivity contribution in [2.75, 3.05) is 7.05 Å². The molecule has 0 saturated carbocycles. The molecule has 0 aliphatic carbocycles. The fourth-order valence-electron chi connectivity index (χ4n) is 5.77. The lowest BCUT2D eigenvalue weighted by atomic mass is 10.0. The van der Waals surface area contributed by atoms with Gasteiger partial charge in [0, 0.05) is 31.5 Å². The molecule has 2 aliphatic rings. The molecule has 4 amide bonds. The molecule has 0 radical (unpaired) electrons. The van der Waals surface area contributed by atoms with Crippen molar-refractivity contribution in [2.24, 2.45) is 0 Å². The quantitative estimate of drug-likeness (QED) is 0.398. The number of likely N-dealkylation sites (N-methyl/N-ethyl adjacent to an activating group) is 1. The zero-order valence-corrected chi connectivity index (χ0v) is 26.2. The lowest BCUT2D eigenvalue weighted by Crippen LogP contribution is -2.60. The van der Waals surface area contributed by atoms with E-state index in [0.717, 1.165) is 18.9 Å². The number of halogens is 4. The molecule has 3 N–H and O–H groups in total. The Hall–Kier alpha value is -3.91. The van der Waals surface area contributed by atoms with Crippen LogP contribution in [0.1, 0.15) is 67.8 Å². The molecule has 45 heavy (non-hydrogen) atoms. The Kier molecular flexibility index (Phi) is 10.3. The average molecular weight is 653 g/mol. The van der Waals surface area contributed by atoms with Crippen molar-refractivity contribution in [3.8, 4) is 5.75 Å². The first-order chi connectivity index (χ1) is 21.1. The number of amides is 4. The maximum Gasteiger partial charge on any atom is 0.410 e. The van der Waals surface area contributed by atoms with E-state index in [2.05, 4.69) is 21.2 Å². The Morgan fingerprint density at radius 1 is 1.20 bits per heavy atom. The Morgan fingerprint density at radius 3 is 2.53 bits per heavy atom. The van der Waals surface area contributed by atoms with Gasteiger partial charge in [-0.05, 0) is 63.4 Å². The van der Waals surface area contributed by atoms with Crippen LogP contribution in [0.4, 0.5) is 13.2 Å². The highest BCUT2D eigenvalue weighted by atomic mass is 35.5.